The van der Waals surface area contributed by atoms with Crippen LogP contribution in [0.25, 0.3) is 0 Å². The van der Waals surface area contributed by atoms with E-state index in [1.807, 2.05) is 4.68 Å². The zero-order chi connectivity index (χ0) is 11.0. The molecular formula is C11H18N4O. The fraction of sp³-hybridized carbons (Fsp3) is 0.818. The summed E-state index contributed by atoms with van der Waals surface area (Å²) in [6.07, 6.45) is 6.38. The molecule has 3 rings (SSSR count). The number of hydrogen-bond donors (Lipinski definition) is 1. The van der Waals surface area contributed by atoms with Gasteiger partial charge in [0.1, 0.15) is 0 Å². The molecule has 2 heterocycles. The standard InChI is InChI=1S/C11H18N4O/c12-11(5-6-11)4-3-9-13-10-15(14-9)7-1-2-8-16-10/h1-8,12H2. The third kappa shape index (κ3) is 2.04. The van der Waals surface area contributed by atoms with Gasteiger partial charge in [0.25, 0.3) is 0 Å². The van der Waals surface area contributed by atoms with E-state index in [1.54, 1.807) is 0 Å². The highest BCUT2D eigenvalue weighted by Gasteiger charge is 2.37. The van der Waals surface area contributed by atoms with Gasteiger partial charge in [0, 0.05) is 18.5 Å². The molecule has 1 aliphatic heterocycles. The number of rotatable bonds is 3. The third-order valence-electron chi connectivity index (χ3n) is 3.42. The van der Waals surface area contributed by atoms with Gasteiger partial charge >= 0.3 is 6.01 Å². The molecule has 0 saturated heterocycles. The predicted octanol–water partition coefficient (Wildman–Crippen LogP) is 0.875. The van der Waals surface area contributed by atoms with Crippen molar-refractivity contribution in [1.29, 1.82) is 0 Å². The second kappa shape index (κ2) is 3.73. The van der Waals surface area contributed by atoms with Crippen molar-refractivity contribution in [2.45, 2.75) is 50.6 Å². The number of hydrogen-bond acceptors (Lipinski definition) is 4. The number of nitrogens with two attached hydrogens (primary N) is 1. The lowest BCUT2D eigenvalue weighted by atomic mass is 10.1. The molecule has 1 saturated carbocycles. The summed E-state index contributed by atoms with van der Waals surface area (Å²) < 4.78 is 7.42. The molecule has 1 aromatic rings. The maximum atomic E-state index is 6.05. The Hall–Kier alpha value is -1.10. The van der Waals surface area contributed by atoms with Crippen molar-refractivity contribution < 1.29 is 4.74 Å². The SMILES string of the molecule is NC1(CCc2nc3n(n2)CCCCO3)CC1. The second-order valence-corrected chi connectivity index (χ2v) is 4.95. The average Bonchev–Trinajstić information content (AvgIpc) is 2.95. The molecule has 1 fully saturated rings. The first-order valence-corrected chi connectivity index (χ1v) is 6.11. The van der Waals surface area contributed by atoms with E-state index in [1.165, 1.54) is 0 Å². The Bertz CT molecular complexity index is 360. The van der Waals surface area contributed by atoms with Crippen LogP contribution in [-0.4, -0.2) is 26.9 Å². The molecule has 5 nitrogen and oxygen atoms in total. The number of aryl methyl sites for hydroxylation is 2. The average molecular weight is 222 g/mol. The Kier molecular flexibility index (Phi) is 2.35. The van der Waals surface area contributed by atoms with Crippen molar-refractivity contribution in [3.05, 3.63) is 5.82 Å². The highest BCUT2D eigenvalue weighted by Crippen LogP contribution is 2.36. The maximum absolute atomic E-state index is 6.05. The van der Waals surface area contributed by atoms with Crippen molar-refractivity contribution in [3.63, 3.8) is 0 Å². The van der Waals surface area contributed by atoms with Crippen LogP contribution in [-0.2, 0) is 13.0 Å². The van der Waals surface area contributed by atoms with Gasteiger partial charge in [0.05, 0.1) is 6.61 Å². The molecule has 0 aromatic carbocycles. The largest absolute Gasteiger partial charge is 0.464 e. The normalized spacial score (nSPS) is 22.1. The molecule has 1 aromatic heterocycles. The van der Waals surface area contributed by atoms with Crippen LogP contribution in [0.4, 0.5) is 0 Å². The lowest BCUT2D eigenvalue weighted by Gasteiger charge is -2.04. The summed E-state index contributed by atoms with van der Waals surface area (Å²) in [5.41, 5.74) is 6.13. The minimum Gasteiger partial charge on any atom is -0.464 e. The van der Waals surface area contributed by atoms with Crippen molar-refractivity contribution in [2.24, 2.45) is 5.73 Å². The summed E-state index contributed by atoms with van der Waals surface area (Å²) in [6.45, 7) is 1.69. The van der Waals surface area contributed by atoms with Crippen LogP contribution >= 0.6 is 0 Å². The summed E-state index contributed by atoms with van der Waals surface area (Å²) in [7, 11) is 0. The molecule has 1 aliphatic carbocycles. The molecule has 88 valence electrons. The maximum Gasteiger partial charge on any atom is 0.315 e. The quantitative estimate of drug-likeness (QED) is 0.824. The van der Waals surface area contributed by atoms with Gasteiger partial charge in [0.15, 0.2) is 5.82 Å². The highest BCUT2D eigenvalue weighted by atomic mass is 16.5. The number of nitrogens with zero attached hydrogens (tertiary/aromatic N) is 3. The Morgan fingerprint density at radius 3 is 3.06 bits per heavy atom. The minimum absolute atomic E-state index is 0.0869. The van der Waals surface area contributed by atoms with E-state index in [4.69, 9.17) is 10.5 Å². The van der Waals surface area contributed by atoms with Gasteiger partial charge in [-0.15, -0.1) is 0 Å². The first kappa shape index (κ1) is 10.1. The van der Waals surface area contributed by atoms with Gasteiger partial charge in [-0.05, 0) is 32.1 Å². The van der Waals surface area contributed by atoms with Gasteiger partial charge < -0.3 is 10.5 Å². The topological polar surface area (TPSA) is 66.0 Å². The fourth-order valence-electron chi connectivity index (χ4n) is 2.03. The zero-order valence-corrected chi connectivity index (χ0v) is 9.48. The molecule has 0 amide bonds. The lowest BCUT2D eigenvalue weighted by molar-refractivity contribution is 0.291. The van der Waals surface area contributed by atoms with Gasteiger partial charge in [0.2, 0.25) is 0 Å². The molecule has 2 N–H and O–H groups in total. The Morgan fingerprint density at radius 1 is 1.38 bits per heavy atom. The zero-order valence-electron chi connectivity index (χ0n) is 9.48. The summed E-state index contributed by atoms with van der Waals surface area (Å²) in [5, 5.41) is 4.47. The van der Waals surface area contributed by atoms with Gasteiger partial charge in [-0.1, -0.05) is 0 Å². The Labute approximate surface area is 95.0 Å². The monoisotopic (exact) mass is 222 g/mol. The third-order valence-corrected chi connectivity index (χ3v) is 3.42. The van der Waals surface area contributed by atoms with Crippen LogP contribution in [0.5, 0.6) is 6.01 Å². The van der Waals surface area contributed by atoms with Crippen LogP contribution in [0.15, 0.2) is 0 Å². The van der Waals surface area contributed by atoms with Crippen molar-refractivity contribution in [2.75, 3.05) is 6.61 Å². The van der Waals surface area contributed by atoms with E-state index in [0.717, 1.165) is 57.5 Å². The van der Waals surface area contributed by atoms with E-state index in [2.05, 4.69) is 10.1 Å². The van der Waals surface area contributed by atoms with Crippen LogP contribution < -0.4 is 10.5 Å². The van der Waals surface area contributed by atoms with E-state index in [0.29, 0.717) is 6.01 Å². The molecule has 2 aliphatic rings. The lowest BCUT2D eigenvalue weighted by Crippen LogP contribution is -2.22. The van der Waals surface area contributed by atoms with Crippen LogP contribution in [0.2, 0.25) is 0 Å². The first-order chi connectivity index (χ1) is 7.75. The van der Waals surface area contributed by atoms with Crippen molar-refractivity contribution in [1.82, 2.24) is 14.8 Å². The summed E-state index contributed by atoms with van der Waals surface area (Å²) >= 11 is 0. The van der Waals surface area contributed by atoms with E-state index in [9.17, 15) is 0 Å². The number of ether oxygens (including phenoxy) is 1. The van der Waals surface area contributed by atoms with Crippen LogP contribution in [0.1, 0.15) is 37.9 Å². The van der Waals surface area contributed by atoms with Crippen LogP contribution in [0.3, 0.4) is 0 Å². The number of aromatic nitrogens is 3. The van der Waals surface area contributed by atoms with Gasteiger partial charge in [-0.3, -0.25) is 0 Å². The molecule has 0 bridgehead atoms. The molecule has 0 spiro atoms. The van der Waals surface area contributed by atoms with E-state index in [-0.39, 0.29) is 5.54 Å². The van der Waals surface area contributed by atoms with Crippen molar-refractivity contribution >= 4 is 0 Å². The summed E-state index contributed by atoms with van der Waals surface area (Å²) in [4.78, 5) is 4.42. The molecule has 16 heavy (non-hydrogen) atoms. The minimum atomic E-state index is 0.0869. The predicted molar refractivity (Wildman–Crippen MR) is 59.2 cm³/mol. The molecule has 0 atom stereocenters. The molecule has 5 heteroatoms. The summed E-state index contributed by atoms with van der Waals surface area (Å²) in [6, 6.07) is 0.689. The van der Waals surface area contributed by atoms with Gasteiger partial charge in [-0.25, -0.2) is 4.68 Å². The van der Waals surface area contributed by atoms with E-state index < -0.39 is 0 Å². The first-order valence-electron chi connectivity index (χ1n) is 6.11. The van der Waals surface area contributed by atoms with Crippen molar-refractivity contribution in [3.8, 4) is 6.01 Å². The van der Waals surface area contributed by atoms with E-state index >= 15 is 0 Å². The highest BCUT2D eigenvalue weighted by molar-refractivity contribution is 5.04. The molecular weight excluding hydrogens is 204 g/mol. The Balaban J connectivity index is 1.66. The Morgan fingerprint density at radius 2 is 2.25 bits per heavy atom. The molecule has 0 unspecified atom stereocenters. The van der Waals surface area contributed by atoms with Gasteiger partial charge in [-0.2, -0.15) is 10.1 Å². The number of fused-ring (bicyclic) bond motifs is 1. The fourth-order valence-corrected chi connectivity index (χ4v) is 2.03. The molecule has 0 radical (unpaired) electrons. The van der Waals surface area contributed by atoms with Crippen LogP contribution in [0, 0.1) is 0 Å². The smallest absolute Gasteiger partial charge is 0.315 e. The second-order valence-electron chi connectivity index (χ2n) is 4.95. The summed E-state index contributed by atoms with van der Waals surface area (Å²) in [5.74, 6) is 0.883.